The number of rotatable bonds is 2. The van der Waals surface area contributed by atoms with E-state index in [0.717, 1.165) is 0 Å². The van der Waals surface area contributed by atoms with Crippen LogP contribution in [0.2, 0.25) is 0 Å². The predicted molar refractivity (Wildman–Crippen MR) is 71.8 cm³/mol. The fraction of sp³-hybridized carbons (Fsp3) is 0.714. The smallest absolute Gasteiger partial charge is 0.246 e. The molecule has 4 heteroatoms. The molecule has 0 aromatic rings. The molecule has 0 saturated carbocycles. The molecule has 0 unspecified atom stereocenters. The summed E-state index contributed by atoms with van der Waals surface area (Å²) in [6.45, 7) is 11.7. The molecule has 0 bridgehead atoms. The Morgan fingerprint density at radius 2 is 1.78 bits per heavy atom. The summed E-state index contributed by atoms with van der Waals surface area (Å²) in [5.41, 5.74) is -1.15. The molecule has 0 aliphatic carbocycles. The number of amides is 1. The van der Waals surface area contributed by atoms with Gasteiger partial charge in [0, 0.05) is 31.0 Å². The standard InChI is InChI=1S/C14H23N3O/c1-7-11(18)17(6)14(10-15)8-12(2,3)16-13(4,5)9-14/h7,16H,1,8-9H2,2-6H3. The van der Waals surface area contributed by atoms with Gasteiger partial charge in [0.1, 0.15) is 5.54 Å². The molecule has 1 aliphatic heterocycles. The minimum absolute atomic E-state index is 0.187. The Balaban J connectivity index is 3.19. The summed E-state index contributed by atoms with van der Waals surface area (Å²) in [5.74, 6) is -0.204. The van der Waals surface area contributed by atoms with Crippen LogP contribution in [-0.2, 0) is 4.79 Å². The van der Waals surface area contributed by atoms with Crippen molar-refractivity contribution >= 4 is 5.91 Å². The van der Waals surface area contributed by atoms with Crippen molar-refractivity contribution in [3.8, 4) is 6.07 Å². The van der Waals surface area contributed by atoms with Gasteiger partial charge in [-0.3, -0.25) is 4.79 Å². The van der Waals surface area contributed by atoms with E-state index in [1.54, 1.807) is 7.05 Å². The Morgan fingerprint density at radius 3 is 2.11 bits per heavy atom. The van der Waals surface area contributed by atoms with Gasteiger partial charge >= 0.3 is 0 Å². The lowest BCUT2D eigenvalue weighted by Gasteiger charge is -2.52. The van der Waals surface area contributed by atoms with Crippen LogP contribution in [0, 0.1) is 11.3 Å². The second kappa shape index (κ2) is 4.40. The Bertz CT molecular complexity index is 388. The van der Waals surface area contributed by atoms with Crippen molar-refractivity contribution in [1.82, 2.24) is 10.2 Å². The Kier molecular flexibility index (Phi) is 3.60. The van der Waals surface area contributed by atoms with Gasteiger partial charge in [-0.15, -0.1) is 0 Å². The summed E-state index contributed by atoms with van der Waals surface area (Å²) < 4.78 is 0. The molecule has 0 radical (unpaired) electrons. The first-order chi connectivity index (χ1) is 8.07. The third-order valence-electron chi connectivity index (χ3n) is 3.50. The van der Waals surface area contributed by atoms with E-state index in [0.29, 0.717) is 12.8 Å². The fourth-order valence-corrected chi connectivity index (χ4v) is 3.27. The number of carbonyl (C=O) groups is 1. The second-order valence-corrected chi connectivity index (χ2v) is 6.49. The molecule has 4 nitrogen and oxygen atoms in total. The maximum absolute atomic E-state index is 11.8. The van der Waals surface area contributed by atoms with E-state index < -0.39 is 5.54 Å². The number of carbonyl (C=O) groups excluding carboxylic acids is 1. The monoisotopic (exact) mass is 249 g/mol. The highest BCUT2D eigenvalue weighted by molar-refractivity contribution is 5.87. The minimum atomic E-state index is -0.774. The van der Waals surface area contributed by atoms with Crippen LogP contribution in [0.5, 0.6) is 0 Å². The molecule has 0 aromatic heterocycles. The van der Waals surface area contributed by atoms with Crippen LogP contribution in [0.25, 0.3) is 0 Å². The fourth-order valence-electron chi connectivity index (χ4n) is 3.27. The molecule has 100 valence electrons. The lowest BCUT2D eigenvalue weighted by atomic mass is 9.70. The summed E-state index contributed by atoms with van der Waals surface area (Å²) >= 11 is 0. The number of hydrogen-bond donors (Lipinski definition) is 1. The van der Waals surface area contributed by atoms with Crippen molar-refractivity contribution in [1.29, 1.82) is 5.26 Å². The largest absolute Gasteiger partial charge is 0.323 e. The molecule has 1 fully saturated rings. The van der Waals surface area contributed by atoms with Crippen LogP contribution in [0.1, 0.15) is 40.5 Å². The van der Waals surface area contributed by atoms with Gasteiger partial charge in [0.25, 0.3) is 0 Å². The molecule has 1 N–H and O–H groups in total. The summed E-state index contributed by atoms with van der Waals surface area (Å²) in [6.07, 6.45) is 2.48. The van der Waals surface area contributed by atoms with E-state index in [1.165, 1.54) is 11.0 Å². The molecule has 1 amide bonds. The molecule has 0 aromatic carbocycles. The second-order valence-electron chi connectivity index (χ2n) is 6.49. The number of nitrogens with zero attached hydrogens (tertiary/aromatic N) is 2. The normalized spacial score (nSPS) is 23.8. The third-order valence-corrected chi connectivity index (χ3v) is 3.50. The topological polar surface area (TPSA) is 56.1 Å². The molecular weight excluding hydrogens is 226 g/mol. The average Bonchev–Trinajstić information content (AvgIpc) is 2.22. The SMILES string of the molecule is C=CC(=O)N(C)C1(C#N)CC(C)(C)NC(C)(C)C1. The minimum Gasteiger partial charge on any atom is -0.323 e. The third kappa shape index (κ3) is 2.73. The van der Waals surface area contributed by atoms with Crippen molar-refractivity contribution < 1.29 is 4.79 Å². The number of likely N-dealkylation sites (N-methyl/N-ethyl adjacent to an activating group) is 1. The maximum atomic E-state index is 11.8. The van der Waals surface area contributed by atoms with Crippen LogP contribution in [0.15, 0.2) is 12.7 Å². The zero-order valence-corrected chi connectivity index (χ0v) is 12.0. The first kappa shape index (κ1) is 14.7. The Hall–Kier alpha value is -1.34. The molecule has 18 heavy (non-hydrogen) atoms. The summed E-state index contributed by atoms with van der Waals surface area (Å²) in [6, 6.07) is 2.36. The average molecular weight is 249 g/mol. The van der Waals surface area contributed by atoms with Crippen LogP contribution < -0.4 is 5.32 Å². The van der Waals surface area contributed by atoms with Crippen LogP contribution in [0.4, 0.5) is 0 Å². The summed E-state index contributed by atoms with van der Waals surface area (Å²) in [4.78, 5) is 13.4. The van der Waals surface area contributed by atoms with Gasteiger partial charge in [0.15, 0.2) is 0 Å². The van der Waals surface area contributed by atoms with Crippen LogP contribution in [0.3, 0.4) is 0 Å². The summed E-state index contributed by atoms with van der Waals surface area (Å²) in [5, 5.41) is 13.1. The number of nitriles is 1. The molecule has 1 heterocycles. The highest BCUT2D eigenvalue weighted by atomic mass is 16.2. The van der Waals surface area contributed by atoms with Gasteiger partial charge in [-0.1, -0.05) is 6.58 Å². The highest BCUT2D eigenvalue weighted by Crippen LogP contribution is 2.39. The van der Waals surface area contributed by atoms with Crippen LogP contribution >= 0.6 is 0 Å². The lowest BCUT2D eigenvalue weighted by Crippen LogP contribution is -2.67. The van der Waals surface area contributed by atoms with E-state index in [-0.39, 0.29) is 17.0 Å². The molecule has 0 spiro atoms. The first-order valence-electron chi connectivity index (χ1n) is 6.18. The van der Waals surface area contributed by atoms with Gasteiger partial charge < -0.3 is 10.2 Å². The molecule has 1 aliphatic rings. The van der Waals surface area contributed by atoms with Gasteiger partial charge in [0.2, 0.25) is 5.91 Å². The molecule has 0 atom stereocenters. The van der Waals surface area contributed by atoms with Crippen molar-refractivity contribution in [2.45, 2.75) is 57.2 Å². The van der Waals surface area contributed by atoms with Gasteiger partial charge in [0.05, 0.1) is 6.07 Å². The van der Waals surface area contributed by atoms with Crippen molar-refractivity contribution in [2.75, 3.05) is 7.05 Å². The van der Waals surface area contributed by atoms with E-state index in [2.05, 4.69) is 45.7 Å². The molecule has 1 rings (SSSR count). The predicted octanol–water partition coefficient (Wildman–Crippen LogP) is 1.83. The quantitative estimate of drug-likeness (QED) is 0.760. The highest BCUT2D eigenvalue weighted by Gasteiger charge is 2.50. The van der Waals surface area contributed by atoms with E-state index >= 15 is 0 Å². The summed E-state index contributed by atoms with van der Waals surface area (Å²) in [7, 11) is 1.69. The Labute approximate surface area is 110 Å². The zero-order valence-electron chi connectivity index (χ0n) is 12.0. The van der Waals surface area contributed by atoms with E-state index in [4.69, 9.17) is 0 Å². The van der Waals surface area contributed by atoms with Crippen molar-refractivity contribution in [2.24, 2.45) is 0 Å². The van der Waals surface area contributed by atoms with Crippen molar-refractivity contribution in [3.05, 3.63) is 12.7 Å². The molecule has 1 saturated heterocycles. The number of hydrogen-bond acceptors (Lipinski definition) is 3. The zero-order chi connectivity index (χ0) is 14.2. The number of nitrogens with one attached hydrogen (secondary N) is 1. The first-order valence-corrected chi connectivity index (χ1v) is 6.18. The van der Waals surface area contributed by atoms with E-state index in [9.17, 15) is 10.1 Å². The maximum Gasteiger partial charge on any atom is 0.246 e. The van der Waals surface area contributed by atoms with Crippen molar-refractivity contribution in [3.63, 3.8) is 0 Å². The number of piperidine rings is 1. The van der Waals surface area contributed by atoms with E-state index in [1.807, 2.05) is 0 Å². The lowest BCUT2D eigenvalue weighted by molar-refractivity contribution is -0.131. The molecular formula is C14H23N3O. The van der Waals surface area contributed by atoms with Gasteiger partial charge in [-0.2, -0.15) is 5.26 Å². The van der Waals surface area contributed by atoms with Gasteiger partial charge in [-0.25, -0.2) is 0 Å². The van der Waals surface area contributed by atoms with Crippen LogP contribution in [-0.4, -0.2) is 34.5 Å². The van der Waals surface area contributed by atoms with Gasteiger partial charge in [-0.05, 0) is 33.8 Å². The Morgan fingerprint density at radius 1 is 1.33 bits per heavy atom.